The molecule has 2 heteroatoms. The molecule has 0 amide bonds. The summed E-state index contributed by atoms with van der Waals surface area (Å²) in [5.74, 6) is 0. The molecule has 0 aliphatic carbocycles. The summed E-state index contributed by atoms with van der Waals surface area (Å²) in [7, 11) is 0. The highest BCUT2D eigenvalue weighted by Gasteiger charge is 2.12. The van der Waals surface area contributed by atoms with E-state index in [1.54, 1.807) is 0 Å². The Morgan fingerprint density at radius 1 is 0.955 bits per heavy atom. The van der Waals surface area contributed by atoms with Gasteiger partial charge in [-0.2, -0.15) is 0 Å². The molecule has 1 N–H and O–H groups in total. The molecule has 3 rings (SSSR count). The average molecular weight is 309 g/mol. The first-order chi connectivity index (χ1) is 10.6. The van der Waals surface area contributed by atoms with E-state index in [2.05, 4.69) is 68.6 Å². The maximum absolute atomic E-state index is 3.40. The van der Waals surface area contributed by atoms with E-state index in [0.29, 0.717) is 0 Å². The largest absolute Gasteiger partial charge is 0.313 e. The van der Waals surface area contributed by atoms with Crippen molar-refractivity contribution in [3.8, 4) is 0 Å². The highest BCUT2D eigenvalue weighted by molar-refractivity contribution is 7.99. The summed E-state index contributed by atoms with van der Waals surface area (Å²) >= 11 is 1.88. The van der Waals surface area contributed by atoms with Gasteiger partial charge in [0.25, 0.3) is 0 Å². The zero-order chi connectivity index (χ0) is 15.5. The van der Waals surface area contributed by atoms with E-state index >= 15 is 0 Å². The smallest absolute Gasteiger partial charge is 0.0197 e. The van der Waals surface area contributed by atoms with Gasteiger partial charge in [-0.15, -0.1) is 0 Å². The Morgan fingerprint density at radius 2 is 1.82 bits per heavy atom. The van der Waals surface area contributed by atoms with Gasteiger partial charge in [0.05, 0.1) is 0 Å². The summed E-state index contributed by atoms with van der Waals surface area (Å²) in [5, 5.41) is 3.40. The maximum atomic E-state index is 3.40. The van der Waals surface area contributed by atoms with Crippen molar-refractivity contribution in [2.24, 2.45) is 0 Å². The minimum Gasteiger partial charge on any atom is -0.313 e. The van der Waals surface area contributed by atoms with Crippen molar-refractivity contribution in [3.63, 3.8) is 0 Å². The standard InChI is InChI=1S/C20H23NS/c1-14-4-7-20(19(12-14)17-8-10-21-11-9-17)22-18-6-5-15(2)16(3)13-18/h4-8,12-13,21H,9-11H2,1-3H3. The Morgan fingerprint density at radius 3 is 2.55 bits per heavy atom. The fourth-order valence-corrected chi connectivity index (χ4v) is 3.82. The number of hydrogen-bond acceptors (Lipinski definition) is 2. The molecular weight excluding hydrogens is 286 g/mol. The minimum absolute atomic E-state index is 0.983. The Kier molecular flexibility index (Phi) is 4.70. The molecule has 0 radical (unpaired) electrons. The first-order valence-corrected chi connectivity index (χ1v) is 8.71. The Hall–Kier alpha value is -1.51. The summed E-state index contributed by atoms with van der Waals surface area (Å²) in [6.07, 6.45) is 3.45. The van der Waals surface area contributed by atoms with Gasteiger partial charge in [-0.25, -0.2) is 0 Å². The van der Waals surface area contributed by atoms with Crippen LogP contribution in [0.2, 0.25) is 0 Å². The van der Waals surface area contributed by atoms with E-state index < -0.39 is 0 Å². The van der Waals surface area contributed by atoms with Crippen LogP contribution in [0.15, 0.2) is 52.3 Å². The van der Waals surface area contributed by atoms with E-state index in [-0.39, 0.29) is 0 Å². The third kappa shape index (κ3) is 3.45. The maximum Gasteiger partial charge on any atom is 0.0197 e. The lowest BCUT2D eigenvalue weighted by Gasteiger charge is -2.18. The van der Waals surface area contributed by atoms with Crippen molar-refractivity contribution < 1.29 is 0 Å². The molecule has 0 saturated carbocycles. The van der Waals surface area contributed by atoms with Crippen LogP contribution in [0.4, 0.5) is 0 Å². The molecule has 0 bridgehead atoms. The summed E-state index contributed by atoms with van der Waals surface area (Å²) in [5.41, 5.74) is 6.94. The first-order valence-electron chi connectivity index (χ1n) is 7.89. The van der Waals surface area contributed by atoms with Gasteiger partial charge in [0.2, 0.25) is 0 Å². The first kappa shape index (κ1) is 15.4. The molecule has 1 aliphatic heterocycles. The van der Waals surface area contributed by atoms with E-state index in [9.17, 15) is 0 Å². The van der Waals surface area contributed by atoms with Crippen LogP contribution in [-0.2, 0) is 0 Å². The van der Waals surface area contributed by atoms with Crippen molar-refractivity contribution in [2.45, 2.75) is 37.0 Å². The highest BCUT2D eigenvalue weighted by atomic mass is 32.2. The predicted molar refractivity (Wildman–Crippen MR) is 96.7 cm³/mol. The lowest BCUT2D eigenvalue weighted by molar-refractivity contribution is 0.737. The van der Waals surface area contributed by atoms with Crippen LogP contribution in [0.5, 0.6) is 0 Å². The van der Waals surface area contributed by atoms with Gasteiger partial charge in [0.1, 0.15) is 0 Å². The molecule has 1 nitrogen and oxygen atoms in total. The Bertz CT molecular complexity index is 716. The molecular formula is C20H23NS. The summed E-state index contributed by atoms with van der Waals surface area (Å²) in [4.78, 5) is 2.68. The molecule has 2 aromatic carbocycles. The zero-order valence-corrected chi connectivity index (χ0v) is 14.4. The molecule has 0 atom stereocenters. The van der Waals surface area contributed by atoms with Crippen molar-refractivity contribution in [2.75, 3.05) is 13.1 Å². The lowest BCUT2D eigenvalue weighted by Crippen LogP contribution is -2.20. The third-order valence-corrected chi connectivity index (χ3v) is 5.32. The monoisotopic (exact) mass is 309 g/mol. The SMILES string of the molecule is Cc1ccc(Sc2ccc(C)c(C)c2)c(C2=CCNCC2)c1. The van der Waals surface area contributed by atoms with Gasteiger partial charge in [-0.3, -0.25) is 0 Å². The molecule has 22 heavy (non-hydrogen) atoms. The van der Waals surface area contributed by atoms with E-state index in [1.165, 1.54) is 37.6 Å². The van der Waals surface area contributed by atoms with Gasteiger partial charge >= 0.3 is 0 Å². The lowest BCUT2D eigenvalue weighted by atomic mass is 9.99. The number of aryl methyl sites for hydroxylation is 3. The van der Waals surface area contributed by atoms with E-state index in [4.69, 9.17) is 0 Å². The third-order valence-electron chi connectivity index (χ3n) is 4.25. The van der Waals surface area contributed by atoms with Gasteiger partial charge in [-0.1, -0.05) is 41.6 Å². The summed E-state index contributed by atoms with van der Waals surface area (Å²) in [6.45, 7) is 8.59. The molecule has 0 saturated heterocycles. The molecule has 114 valence electrons. The minimum atomic E-state index is 0.983. The number of nitrogens with one attached hydrogen (secondary N) is 1. The highest BCUT2D eigenvalue weighted by Crippen LogP contribution is 2.36. The van der Waals surface area contributed by atoms with Crippen molar-refractivity contribution in [3.05, 3.63) is 64.7 Å². The van der Waals surface area contributed by atoms with Crippen LogP contribution in [-0.4, -0.2) is 13.1 Å². The van der Waals surface area contributed by atoms with Gasteiger partial charge < -0.3 is 5.32 Å². The fraction of sp³-hybridized carbons (Fsp3) is 0.300. The van der Waals surface area contributed by atoms with Crippen molar-refractivity contribution in [1.29, 1.82) is 0 Å². The van der Waals surface area contributed by atoms with E-state index in [1.807, 2.05) is 11.8 Å². The second-order valence-corrected chi connectivity index (χ2v) is 7.15. The number of hydrogen-bond donors (Lipinski definition) is 1. The Labute approximate surface area is 137 Å². The Balaban J connectivity index is 1.96. The molecule has 1 heterocycles. The predicted octanol–water partition coefficient (Wildman–Crippen LogP) is 5.14. The fourth-order valence-electron chi connectivity index (χ4n) is 2.76. The van der Waals surface area contributed by atoms with Crippen LogP contribution in [0, 0.1) is 20.8 Å². The summed E-state index contributed by atoms with van der Waals surface area (Å²) < 4.78 is 0. The van der Waals surface area contributed by atoms with Gasteiger partial charge in [-0.05, 0) is 74.2 Å². The molecule has 0 fully saturated rings. The molecule has 0 spiro atoms. The van der Waals surface area contributed by atoms with E-state index in [0.717, 1.165) is 19.5 Å². The molecule has 0 aromatic heterocycles. The van der Waals surface area contributed by atoms with Crippen LogP contribution < -0.4 is 5.32 Å². The second-order valence-electron chi connectivity index (χ2n) is 6.03. The zero-order valence-electron chi connectivity index (χ0n) is 13.6. The number of rotatable bonds is 3. The molecule has 1 aliphatic rings. The summed E-state index contributed by atoms with van der Waals surface area (Å²) in [6, 6.07) is 13.6. The molecule has 2 aromatic rings. The van der Waals surface area contributed by atoms with Crippen LogP contribution >= 0.6 is 11.8 Å². The quantitative estimate of drug-likeness (QED) is 0.842. The van der Waals surface area contributed by atoms with Crippen LogP contribution in [0.3, 0.4) is 0 Å². The van der Waals surface area contributed by atoms with Crippen molar-refractivity contribution >= 4 is 17.3 Å². The van der Waals surface area contributed by atoms with Gasteiger partial charge in [0.15, 0.2) is 0 Å². The van der Waals surface area contributed by atoms with Crippen LogP contribution in [0.1, 0.15) is 28.7 Å². The van der Waals surface area contributed by atoms with Crippen molar-refractivity contribution in [1.82, 2.24) is 5.32 Å². The van der Waals surface area contributed by atoms with Crippen LogP contribution in [0.25, 0.3) is 5.57 Å². The normalized spacial score (nSPS) is 14.8. The second kappa shape index (κ2) is 6.72. The molecule has 0 unspecified atom stereocenters. The number of benzene rings is 2. The average Bonchev–Trinajstić information content (AvgIpc) is 2.53. The van der Waals surface area contributed by atoms with Gasteiger partial charge in [0, 0.05) is 16.3 Å². The topological polar surface area (TPSA) is 12.0 Å².